The number of amides is 2. The summed E-state index contributed by atoms with van der Waals surface area (Å²) in [4.78, 5) is 38.7. The largest absolute Gasteiger partial charge is 0.480 e. The van der Waals surface area contributed by atoms with Crippen LogP contribution in [0.3, 0.4) is 0 Å². The predicted octanol–water partition coefficient (Wildman–Crippen LogP) is 3.35. The van der Waals surface area contributed by atoms with Gasteiger partial charge in [-0.1, -0.05) is 50.1 Å². The van der Waals surface area contributed by atoms with Crippen LogP contribution in [0.1, 0.15) is 56.6 Å². The number of cyclic esters (lactones) is 1. The third kappa shape index (κ3) is 6.56. The first-order chi connectivity index (χ1) is 15.5. The summed E-state index contributed by atoms with van der Waals surface area (Å²) in [5.74, 6) is -1.47. The number of allylic oxidation sites excluding steroid dienone is 1. The number of ether oxygens (including phenoxy) is 2. The molecule has 2 aliphatic heterocycles. The average molecular weight is 445 g/mol. The van der Waals surface area contributed by atoms with E-state index < -0.39 is 36.2 Å². The van der Waals surface area contributed by atoms with Crippen LogP contribution < -0.4 is 5.32 Å². The van der Waals surface area contributed by atoms with Crippen LogP contribution in [-0.4, -0.2) is 59.3 Å². The van der Waals surface area contributed by atoms with Crippen LogP contribution in [0.2, 0.25) is 0 Å². The molecule has 0 spiro atoms. The third-order valence-corrected chi connectivity index (χ3v) is 5.76. The monoisotopic (exact) mass is 444 g/mol. The molecule has 0 radical (unpaired) electrons. The van der Waals surface area contributed by atoms with Crippen molar-refractivity contribution < 1.29 is 29.0 Å². The molecule has 2 aliphatic rings. The van der Waals surface area contributed by atoms with Crippen molar-refractivity contribution in [2.75, 3.05) is 13.2 Å². The van der Waals surface area contributed by atoms with Gasteiger partial charge in [-0.25, -0.2) is 9.59 Å². The third-order valence-electron chi connectivity index (χ3n) is 5.76. The van der Waals surface area contributed by atoms with Gasteiger partial charge in [-0.2, -0.15) is 0 Å². The number of fused-ring (bicyclic) bond motifs is 4. The molecule has 1 aromatic rings. The van der Waals surface area contributed by atoms with E-state index in [4.69, 9.17) is 9.47 Å². The Balaban J connectivity index is 1.81. The molecule has 8 nitrogen and oxygen atoms in total. The molecule has 0 unspecified atom stereocenters. The lowest BCUT2D eigenvalue weighted by Gasteiger charge is -2.27. The van der Waals surface area contributed by atoms with Gasteiger partial charge in [0.2, 0.25) is 5.91 Å². The van der Waals surface area contributed by atoms with Crippen molar-refractivity contribution in [1.29, 1.82) is 0 Å². The molecular weight excluding hydrogens is 412 g/mol. The summed E-state index contributed by atoms with van der Waals surface area (Å²) < 4.78 is 11.2. The van der Waals surface area contributed by atoms with E-state index in [9.17, 15) is 19.5 Å². The Bertz CT molecular complexity index is 840. The zero-order valence-corrected chi connectivity index (χ0v) is 18.5. The first-order valence-corrected chi connectivity index (χ1v) is 11.3. The maximum Gasteiger partial charge on any atom is 0.407 e. The van der Waals surface area contributed by atoms with Crippen LogP contribution in [0, 0.1) is 0 Å². The van der Waals surface area contributed by atoms with Crippen LogP contribution in [0.4, 0.5) is 4.79 Å². The molecule has 2 N–H and O–H groups in total. The molecule has 0 aromatic heterocycles. The number of alkyl carbamates (subject to hydrolysis) is 1. The highest BCUT2D eigenvalue weighted by Crippen LogP contribution is 2.24. The summed E-state index contributed by atoms with van der Waals surface area (Å²) in [6.45, 7) is 2.74. The quantitative estimate of drug-likeness (QED) is 0.738. The Morgan fingerprint density at radius 2 is 2.16 bits per heavy atom. The summed E-state index contributed by atoms with van der Waals surface area (Å²) >= 11 is 0. The van der Waals surface area contributed by atoms with Crippen LogP contribution in [-0.2, 0) is 25.7 Å². The fourth-order valence-corrected chi connectivity index (χ4v) is 4.03. The Morgan fingerprint density at radius 1 is 1.31 bits per heavy atom. The van der Waals surface area contributed by atoms with E-state index in [1.54, 1.807) is 0 Å². The summed E-state index contributed by atoms with van der Waals surface area (Å²) in [5.41, 5.74) is 2.03. The lowest BCUT2D eigenvalue weighted by atomic mass is 10.1. The topological polar surface area (TPSA) is 105 Å². The highest BCUT2D eigenvalue weighted by atomic mass is 16.5. The predicted molar refractivity (Wildman–Crippen MR) is 119 cm³/mol. The van der Waals surface area contributed by atoms with Crippen molar-refractivity contribution in [1.82, 2.24) is 10.2 Å². The van der Waals surface area contributed by atoms with Crippen LogP contribution in [0.5, 0.6) is 0 Å². The van der Waals surface area contributed by atoms with Crippen LogP contribution in [0.25, 0.3) is 6.08 Å². The highest BCUT2D eigenvalue weighted by molar-refractivity contribution is 5.89. The number of rotatable bonds is 4. The summed E-state index contributed by atoms with van der Waals surface area (Å²) in [5, 5.41) is 12.3. The van der Waals surface area contributed by atoms with Gasteiger partial charge in [0.1, 0.15) is 12.1 Å². The van der Waals surface area contributed by atoms with Gasteiger partial charge in [0.05, 0.1) is 19.3 Å². The number of unbranched alkanes of at least 4 members (excludes halogenated alkanes) is 1. The minimum Gasteiger partial charge on any atom is -0.480 e. The average Bonchev–Trinajstić information content (AvgIpc) is 3.21. The SMILES string of the molecule is CCCC[C@@H]1NC(=O)OCCCC=Cc2cccc(c2)CO[C@@H]2C[C@@H](C(=O)O)N(C2)C1=O. The number of nitrogens with one attached hydrogen (secondary N) is 1. The summed E-state index contributed by atoms with van der Waals surface area (Å²) in [7, 11) is 0. The molecule has 2 heterocycles. The second-order valence-electron chi connectivity index (χ2n) is 8.28. The first kappa shape index (κ1) is 23.8. The number of nitrogens with zero attached hydrogens (tertiary/aromatic N) is 1. The number of carboxylic acid groups (broad SMARTS) is 1. The number of hydrogen-bond donors (Lipinski definition) is 2. The van der Waals surface area contributed by atoms with Gasteiger partial charge in [-0.05, 0) is 36.5 Å². The van der Waals surface area contributed by atoms with Crippen LogP contribution >= 0.6 is 0 Å². The van der Waals surface area contributed by atoms with E-state index in [1.165, 1.54) is 4.90 Å². The molecule has 32 heavy (non-hydrogen) atoms. The van der Waals surface area contributed by atoms with Gasteiger partial charge in [0.25, 0.3) is 0 Å². The van der Waals surface area contributed by atoms with E-state index in [2.05, 4.69) is 5.32 Å². The Hall–Kier alpha value is -2.87. The summed E-state index contributed by atoms with van der Waals surface area (Å²) in [6.07, 6.45) is 6.63. The zero-order valence-electron chi connectivity index (χ0n) is 18.5. The van der Waals surface area contributed by atoms with E-state index in [0.717, 1.165) is 30.4 Å². The van der Waals surface area contributed by atoms with Gasteiger partial charge in [0, 0.05) is 13.0 Å². The molecule has 0 saturated carbocycles. The van der Waals surface area contributed by atoms with Crippen molar-refractivity contribution in [3.05, 3.63) is 41.5 Å². The van der Waals surface area contributed by atoms with Crippen molar-refractivity contribution in [3.63, 3.8) is 0 Å². The number of carbonyl (C=O) groups excluding carboxylic acids is 2. The smallest absolute Gasteiger partial charge is 0.407 e. The Labute approximate surface area is 188 Å². The number of benzene rings is 1. The number of aliphatic carboxylic acids is 1. The second-order valence-corrected chi connectivity index (χ2v) is 8.28. The molecule has 1 fully saturated rings. The van der Waals surface area contributed by atoms with Crippen molar-refractivity contribution >= 4 is 24.0 Å². The number of carbonyl (C=O) groups is 3. The van der Waals surface area contributed by atoms with Gasteiger partial charge in [-0.15, -0.1) is 0 Å². The molecule has 1 saturated heterocycles. The standard InChI is InChI=1S/C24H32N2O6/c1-2-3-11-20-22(27)26-15-19(14-21(26)23(28)29)32-16-18-10-7-9-17(13-18)8-5-4-6-12-31-24(30)25-20/h5,7-10,13,19-21H,2-4,6,11-12,14-16H2,1H3,(H,25,30)(H,28,29)/t19-,20+,21+/m1/s1. The first-order valence-electron chi connectivity index (χ1n) is 11.3. The molecular formula is C24H32N2O6. The van der Waals surface area contributed by atoms with Crippen molar-refractivity contribution in [2.45, 2.75) is 70.2 Å². The molecule has 8 heteroatoms. The minimum absolute atomic E-state index is 0.175. The van der Waals surface area contributed by atoms with Crippen molar-refractivity contribution in [2.24, 2.45) is 0 Å². The van der Waals surface area contributed by atoms with Gasteiger partial charge < -0.3 is 24.8 Å². The fourth-order valence-electron chi connectivity index (χ4n) is 4.03. The van der Waals surface area contributed by atoms with E-state index in [1.807, 2.05) is 43.3 Å². The molecule has 174 valence electrons. The molecule has 3 atom stereocenters. The second kappa shape index (κ2) is 11.7. The van der Waals surface area contributed by atoms with E-state index in [-0.39, 0.29) is 19.6 Å². The van der Waals surface area contributed by atoms with Crippen LogP contribution in [0.15, 0.2) is 30.3 Å². The highest BCUT2D eigenvalue weighted by Gasteiger charge is 2.42. The normalized spacial score (nSPS) is 24.9. The maximum absolute atomic E-state index is 13.2. The lowest BCUT2D eigenvalue weighted by molar-refractivity contribution is -0.149. The zero-order chi connectivity index (χ0) is 22.9. The number of hydrogen-bond acceptors (Lipinski definition) is 5. The Kier molecular flexibility index (Phi) is 8.67. The fraction of sp³-hybridized carbons (Fsp3) is 0.542. The molecule has 2 amide bonds. The molecule has 3 rings (SSSR count). The maximum atomic E-state index is 13.2. The van der Waals surface area contributed by atoms with Gasteiger partial charge in [0.15, 0.2) is 0 Å². The molecule has 1 aromatic carbocycles. The Morgan fingerprint density at radius 3 is 2.94 bits per heavy atom. The van der Waals surface area contributed by atoms with E-state index in [0.29, 0.717) is 19.4 Å². The van der Waals surface area contributed by atoms with E-state index >= 15 is 0 Å². The lowest BCUT2D eigenvalue weighted by Crippen LogP contribution is -2.52. The minimum atomic E-state index is -1.07. The molecule has 0 aliphatic carbocycles. The van der Waals surface area contributed by atoms with Crippen molar-refractivity contribution in [3.8, 4) is 0 Å². The molecule has 4 bridgehead atoms. The van der Waals surface area contributed by atoms with Gasteiger partial charge in [-0.3, -0.25) is 4.79 Å². The van der Waals surface area contributed by atoms with Gasteiger partial charge >= 0.3 is 12.1 Å². The summed E-state index contributed by atoms with van der Waals surface area (Å²) in [6, 6.07) is 6.13. The number of carboxylic acids is 1.